The van der Waals surface area contributed by atoms with Crippen LogP contribution in [0, 0.1) is 5.92 Å². The highest BCUT2D eigenvalue weighted by Crippen LogP contribution is 2.01. The molecule has 0 aliphatic rings. The molecule has 0 bridgehead atoms. The quantitative estimate of drug-likeness (QED) is 0.599. The lowest BCUT2D eigenvalue weighted by atomic mass is 10.0. The molecule has 1 unspecified atom stereocenters. The van der Waals surface area contributed by atoms with E-state index >= 15 is 0 Å². The summed E-state index contributed by atoms with van der Waals surface area (Å²) in [6, 6.07) is -0.0736. The van der Waals surface area contributed by atoms with Crippen LogP contribution in [0.25, 0.3) is 0 Å². The summed E-state index contributed by atoms with van der Waals surface area (Å²) in [4.78, 5) is 22.6. The minimum Gasteiger partial charge on any atom is -0.352 e. The van der Waals surface area contributed by atoms with Gasteiger partial charge in [0.15, 0.2) is 0 Å². The molecule has 5 nitrogen and oxygen atoms in total. The van der Waals surface area contributed by atoms with E-state index in [-0.39, 0.29) is 42.8 Å². The number of hydrogen-bond acceptors (Lipinski definition) is 3. The van der Waals surface area contributed by atoms with Gasteiger partial charge in [-0.3, -0.25) is 9.59 Å². The monoisotopic (exact) mass is 229 g/mol. The van der Waals surface area contributed by atoms with Gasteiger partial charge < -0.3 is 16.4 Å². The predicted molar refractivity (Wildman–Crippen MR) is 63.7 cm³/mol. The van der Waals surface area contributed by atoms with E-state index in [1.807, 2.05) is 27.7 Å². The second-order valence-electron chi connectivity index (χ2n) is 4.61. The maximum absolute atomic E-state index is 11.4. The van der Waals surface area contributed by atoms with E-state index in [0.717, 1.165) is 0 Å². The van der Waals surface area contributed by atoms with Gasteiger partial charge in [-0.15, -0.1) is 0 Å². The molecule has 2 amide bonds. The molecule has 4 N–H and O–H groups in total. The lowest BCUT2D eigenvalue weighted by Crippen LogP contribution is -2.42. The Kier molecular flexibility index (Phi) is 6.72. The third kappa shape index (κ3) is 7.23. The zero-order chi connectivity index (χ0) is 12.7. The molecule has 0 rings (SSSR count). The van der Waals surface area contributed by atoms with Crippen LogP contribution in [-0.2, 0) is 9.59 Å². The Morgan fingerprint density at radius 2 is 1.69 bits per heavy atom. The number of carbonyl (C=O) groups excluding carboxylic acids is 2. The number of carbonyl (C=O) groups is 2. The van der Waals surface area contributed by atoms with E-state index in [1.54, 1.807) is 0 Å². The molecule has 0 spiro atoms. The van der Waals surface area contributed by atoms with Gasteiger partial charge in [-0.05, 0) is 19.8 Å². The third-order valence-electron chi connectivity index (χ3n) is 2.17. The number of nitrogens with one attached hydrogen (secondary N) is 2. The van der Waals surface area contributed by atoms with E-state index in [9.17, 15) is 9.59 Å². The number of amides is 2. The average Bonchev–Trinajstić information content (AvgIpc) is 2.13. The van der Waals surface area contributed by atoms with Crippen molar-refractivity contribution in [2.45, 2.75) is 46.2 Å². The normalized spacial score (nSPS) is 12.7. The molecule has 0 radical (unpaired) electrons. The Morgan fingerprint density at radius 1 is 1.12 bits per heavy atom. The highest BCUT2D eigenvalue weighted by molar-refractivity contribution is 5.84. The first-order valence-electron chi connectivity index (χ1n) is 5.64. The summed E-state index contributed by atoms with van der Waals surface area (Å²) >= 11 is 0. The largest absolute Gasteiger partial charge is 0.352 e. The minimum absolute atomic E-state index is 0.0157. The van der Waals surface area contributed by atoms with Gasteiger partial charge in [0.25, 0.3) is 0 Å². The molecule has 0 aliphatic heterocycles. The molecule has 0 heterocycles. The fourth-order valence-corrected chi connectivity index (χ4v) is 1.07. The summed E-state index contributed by atoms with van der Waals surface area (Å²) in [5, 5.41) is 5.23. The van der Waals surface area contributed by atoms with Crippen molar-refractivity contribution in [1.82, 2.24) is 10.6 Å². The van der Waals surface area contributed by atoms with Crippen molar-refractivity contribution in [3.8, 4) is 0 Å². The summed E-state index contributed by atoms with van der Waals surface area (Å²) in [6.45, 7) is 7.68. The first-order valence-corrected chi connectivity index (χ1v) is 5.64. The maximum atomic E-state index is 11.4. The molecule has 0 aromatic rings. The van der Waals surface area contributed by atoms with E-state index in [2.05, 4.69) is 10.6 Å². The lowest BCUT2D eigenvalue weighted by Gasteiger charge is -2.15. The van der Waals surface area contributed by atoms with Crippen LogP contribution < -0.4 is 16.4 Å². The van der Waals surface area contributed by atoms with Gasteiger partial charge in [0.05, 0.1) is 6.54 Å². The Hall–Kier alpha value is -1.10. The van der Waals surface area contributed by atoms with Crippen molar-refractivity contribution >= 4 is 11.8 Å². The van der Waals surface area contributed by atoms with E-state index in [4.69, 9.17) is 5.73 Å². The third-order valence-corrected chi connectivity index (χ3v) is 2.17. The van der Waals surface area contributed by atoms with Crippen LogP contribution in [0.1, 0.15) is 34.1 Å². The predicted octanol–water partition coefficient (Wildman–Crippen LogP) is 0.000600. The van der Waals surface area contributed by atoms with Gasteiger partial charge in [0.1, 0.15) is 0 Å². The van der Waals surface area contributed by atoms with Gasteiger partial charge in [-0.2, -0.15) is 0 Å². The Morgan fingerprint density at radius 3 is 2.12 bits per heavy atom. The number of hydrogen-bond donors (Lipinski definition) is 3. The molecule has 0 aromatic heterocycles. The summed E-state index contributed by atoms with van der Waals surface area (Å²) in [6.07, 6.45) is 0.257. The van der Waals surface area contributed by atoms with Crippen molar-refractivity contribution < 1.29 is 9.59 Å². The zero-order valence-corrected chi connectivity index (χ0v) is 10.5. The van der Waals surface area contributed by atoms with Crippen LogP contribution in [0.2, 0.25) is 0 Å². The topological polar surface area (TPSA) is 84.2 Å². The van der Waals surface area contributed by atoms with E-state index in [1.165, 1.54) is 0 Å². The fourth-order valence-electron chi connectivity index (χ4n) is 1.07. The van der Waals surface area contributed by atoms with Crippen molar-refractivity contribution in [2.24, 2.45) is 11.7 Å². The van der Waals surface area contributed by atoms with Gasteiger partial charge in [-0.1, -0.05) is 13.8 Å². The van der Waals surface area contributed by atoms with Crippen LogP contribution in [0.15, 0.2) is 0 Å². The second kappa shape index (κ2) is 7.22. The number of nitrogens with two attached hydrogens (primary N) is 1. The molecular weight excluding hydrogens is 206 g/mol. The molecule has 0 fully saturated rings. The molecule has 0 saturated carbocycles. The average molecular weight is 229 g/mol. The standard InChI is InChI=1S/C11H23N3O2/c1-7(2)9(12)5-10(15)13-6-11(16)14-8(3)4/h7-9H,5-6,12H2,1-4H3,(H,13,15)(H,14,16). The molecule has 0 saturated heterocycles. The fraction of sp³-hybridized carbons (Fsp3) is 0.818. The van der Waals surface area contributed by atoms with Crippen LogP contribution in [0.5, 0.6) is 0 Å². The molecule has 5 heteroatoms. The van der Waals surface area contributed by atoms with Crippen molar-refractivity contribution in [3.63, 3.8) is 0 Å². The van der Waals surface area contributed by atoms with Crippen molar-refractivity contribution in [3.05, 3.63) is 0 Å². The second-order valence-corrected chi connectivity index (χ2v) is 4.61. The van der Waals surface area contributed by atoms with Crippen LogP contribution in [0.4, 0.5) is 0 Å². The molecule has 0 aromatic carbocycles. The van der Waals surface area contributed by atoms with E-state index < -0.39 is 0 Å². The van der Waals surface area contributed by atoms with Crippen molar-refractivity contribution in [2.75, 3.05) is 6.54 Å². The molecule has 0 aliphatic carbocycles. The van der Waals surface area contributed by atoms with E-state index in [0.29, 0.717) is 0 Å². The maximum Gasteiger partial charge on any atom is 0.239 e. The SMILES string of the molecule is CC(C)NC(=O)CNC(=O)CC(N)C(C)C. The van der Waals surface area contributed by atoms with Gasteiger partial charge >= 0.3 is 0 Å². The highest BCUT2D eigenvalue weighted by atomic mass is 16.2. The molecule has 16 heavy (non-hydrogen) atoms. The molecule has 1 atom stereocenters. The van der Waals surface area contributed by atoms with Crippen LogP contribution in [0.3, 0.4) is 0 Å². The van der Waals surface area contributed by atoms with Crippen LogP contribution >= 0.6 is 0 Å². The zero-order valence-electron chi connectivity index (χ0n) is 10.5. The number of rotatable bonds is 6. The highest BCUT2D eigenvalue weighted by Gasteiger charge is 2.13. The van der Waals surface area contributed by atoms with Gasteiger partial charge in [0, 0.05) is 18.5 Å². The minimum atomic E-state index is -0.180. The van der Waals surface area contributed by atoms with Crippen molar-refractivity contribution in [1.29, 1.82) is 0 Å². The first-order chi connectivity index (χ1) is 7.32. The molecule has 94 valence electrons. The first kappa shape index (κ1) is 14.9. The summed E-state index contributed by atoms with van der Waals surface area (Å²) in [5.74, 6) is -0.100. The Bertz CT molecular complexity index is 239. The lowest BCUT2D eigenvalue weighted by molar-refractivity contribution is -0.126. The Labute approximate surface area is 97.2 Å². The van der Waals surface area contributed by atoms with Gasteiger partial charge in [0.2, 0.25) is 11.8 Å². The summed E-state index contributed by atoms with van der Waals surface area (Å²) < 4.78 is 0. The van der Waals surface area contributed by atoms with Gasteiger partial charge in [-0.25, -0.2) is 0 Å². The Balaban J connectivity index is 3.77. The summed E-state index contributed by atoms with van der Waals surface area (Å²) in [7, 11) is 0. The smallest absolute Gasteiger partial charge is 0.239 e. The summed E-state index contributed by atoms with van der Waals surface area (Å²) in [5.41, 5.74) is 5.74. The molecular formula is C11H23N3O2. The van der Waals surface area contributed by atoms with Crippen LogP contribution in [-0.4, -0.2) is 30.4 Å².